The molecule has 1 heterocycles. The van der Waals surface area contributed by atoms with Crippen molar-refractivity contribution in [3.63, 3.8) is 0 Å². The van der Waals surface area contributed by atoms with E-state index in [-0.39, 0.29) is 11.9 Å². The van der Waals surface area contributed by atoms with Gasteiger partial charge >= 0.3 is 0 Å². The zero-order valence-corrected chi connectivity index (χ0v) is 15.0. The molecule has 0 atom stereocenters. The minimum atomic E-state index is -0.170. The highest BCUT2D eigenvalue weighted by molar-refractivity contribution is 7.99. The van der Waals surface area contributed by atoms with Crippen molar-refractivity contribution in [3.8, 4) is 0 Å². The van der Waals surface area contributed by atoms with Crippen molar-refractivity contribution >= 4 is 17.7 Å². The number of carbonyl (C=O) groups excluding carboxylic acids is 1. The Morgan fingerprint density at radius 1 is 1.04 bits per heavy atom. The predicted octanol–water partition coefficient (Wildman–Crippen LogP) is 3.12. The Balaban J connectivity index is 1.72. The van der Waals surface area contributed by atoms with Crippen molar-refractivity contribution in [2.45, 2.75) is 18.1 Å². The minimum absolute atomic E-state index is 0.0386. The molecule has 3 aromatic rings. The number of aromatic nitrogens is 3. The fourth-order valence-corrected chi connectivity index (χ4v) is 3.26. The molecule has 0 bridgehead atoms. The number of benzene rings is 2. The van der Waals surface area contributed by atoms with Crippen LogP contribution >= 0.6 is 11.8 Å². The molecule has 1 amide bonds. The average molecular weight is 352 g/mol. The van der Waals surface area contributed by atoms with Crippen molar-refractivity contribution in [2.24, 2.45) is 7.05 Å². The summed E-state index contributed by atoms with van der Waals surface area (Å²) >= 11 is 1.39. The Bertz CT molecular complexity index is 794. The summed E-state index contributed by atoms with van der Waals surface area (Å²) in [6.45, 7) is 1.89. The van der Waals surface area contributed by atoms with Crippen LogP contribution in [0.15, 0.2) is 65.8 Å². The van der Waals surface area contributed by atoms with Gasteiger partial charge in [0.15, 0.2) is 5.16 Å². The number of thioether (sulfide) groups is 1. The van der Waals surface area contributed by atoms with E-state index < -0.39 is 0 Å². The van der Waals surface area contributed by atoms with Crippen LogP contribution in [0.5, 0.6) is 0 Å². The Hall–Kier alpha value is -2.60. The molecule has 0 saturated carbocycles. The third-order valence-corrected chi connectivity index (χ3v) is 4.98. The normalized spacial score (nSPS) is 10.8. The van der Waals surface area contributed by atoms with Crippen molar-refractivity contribution < 1.29 is 4.79 Å². The first-order valence-corrected chi connectivity index (χ1v) is 9.02. The van der Waals surface area contributed by atoms with E-state index >= 15 is 0 Å². The third-order valence-electron chi connectivity index (χ3n) is 3.96. The van der Waals surface area contributed by atoms with Crippen LogP contribution in [0, 0.1) is 6.92 Å². The van der Waals surface area contributed by atoms with Crippen LogP contribution in [0.3, 0.4) is 0 Å². The van der Waals surface area contributed by atoms with Gasteiger partial charge in [0.1, 0.15) is 5.82 Å². The molecule has 0 aliphatic carbocycles. The molecule has 6 heteroatoms. The highest BCUT2D eigenvalue weighted by atomic mass is 32.2. The first-order chi connectivity index (χ1) is 12.1. The molecule has 0 fully saturated rings. The van der Waals surface area contributed by atoms with Gasteiger partial charge in [-0.05, 0) is 18.1 Å². The maximum Gasteiger partial charge on any atom is 0.231 e. The van der Waals surface area contributed by atoms with Crippen molar-refractivity contribution in [3.05, 3.63) is 77.6 Å². The molecule has 1 N–H and O–H groups in total. The van der Waals surface area contributed by atoms with Crippen LogP contribution in [0.2, 0.25) is 0 Å². The lowest BCUT2D eigenvalue weighted by Gasteiger charge is -2.19. The molecule has 0 aliphatic rings. The first-order valence-electron chi connectivity index (χ1n) is 8.03. The highest BCUT2D eigenvalue weighted by Gasteiger charge is 2.17. The van der Waals surface area contributed by atoms with E-state index in [0.29, 0.717) is 5.75 Å². The van der Waals surface area contributed by atoms with Crippen LogP contribution in [-0.2, 0) is 11.8 Å². The fraction of sp³-hybridized carbons (Fsp3) is 0.211. The minimum Gasteiger partial charge on any atom is -0.344 e. The summed E-state index contributed by atoms with van der Waals surface area (Å²) in [5.41, 5.74) is 2.11. The molecule has 25 heavy (non-hydrogen) atoms. The van der Waals surface area contributed by atoms with Gasteiger partial charge in [0, 0.05) is 7.05 Å². The first kappa shape index (κ1) is 17.2. The Labute approximate surface area is 151 Å². The average Bonchev–Trinajstić information content (AvgIpc) is 2.98. The summed E-state index contributed by atoms with van der Waals surface area (Å²) in [5.74, 6) is 1.08. The lowest BCUT2D eigenvalue weighted by Crippen LogP contribution is -2.30. The molecule has 128 valence electrons. The van der Waals surface area contributed by atoms with Gasteiger partial charge < -0.3 is 9.88 Å². The Morgan fingerprint density at radius 2 is 1.60 bits per heavy atom. The van der Waals surface area contributed by atoms with Gasteiger partial charge in [-0.1, -0.05) is 72.4 Å². The van der Waals surface area contributed by atoms with Crippen LogP contribution in [0.25, 0.3) is 0 Å². The second-order valence-electron chi connectivity index (χ2n) is 5.70. The number of hydrogen-bond acceptors (Lipinski definition) is 4. The van der Waals surface area contributed by atoms with E-state index in [9.17, 15) is 4.79 Å². The SMILES string of the molecule is Cc1nnc(SCC(=O)NC(c2ccccc2)c2ccccc2)n1C. The van der Waals surface area contributed by atoms with Crippen molar-refractivity contribution in [2.75, 3.05) is 5.75 Å². The summed E-state index contributed by atoms with van der Waals surface area (Å²) < 4.78 is 1.88. The number of hydrogen-bond donors (Lipinski definition) is 1. The molecule has 0 aliphatic heterocycles. The van der Waals surface area contributed by atoms with Gasteiger partial charge in [0.2, 0.25) is 5.91 Å². The maximum absolute atomic E-state index is 12.5. The lowest BCUT2D eigenvalue weighted by molar-refractivity contribution is -0.119. The van der Waals surface area contributed by atoms with Crippen LogP contribution < -0.4 is 5.32 Å². The second kappa shape index (κ2) is 7.98. The molecular formula is C19H20N4OS. The largest absolute Gasteiger partial charge is 0.344 e. The fourth-order valence-electron chi connectivity index (χ4n) is 2.50. The zero-order chi connectivity index (χ0) is 17.6. The molecule has 0 spiro atoms. The predicted molar refractivity (Wildman–Crippen MR) is 99.3 cm³/mol. The highest BCUT2D eigenvalue weighted by Crippen LogP contribution is 2.22. The molecule has 0 radical (unpaired) electrons. The van der Waals surface area contributed by atoms with Gasteiger partial charge in [0.05, 0.1) is 11.8 Å². The molecule has 3 rings (SSSR count). The van der Waals surface area contributed by atoms with E-state index in [0.717, 1.165) is 22.1 Å². The number of carbonyl (C=O) groups is 1. The summed E-state index contributed by atoms with van der Waals surface area (Å²) in [6.07, 6.45) is 0. The number of aryl methyl sites for hydroxylation is 1. The summed E-state index contributed by atoms with van der Waals surface area (Å²) in [4.78, 5) is 12.5. The molecule has 1 aromatic heterocycles. The maximum atomic E-state index is 12.5. The van der Waals surface area contributed by atoms with Gasteiger partial charge in [-0.3, -0.25) is 4.79 Å². The van der Waals surface area contributed by atoms with Crippen LogP contribution in [-0.4, -0.2) is 26.4 Å². The van der Waals surface area contributed by atoms with E-state index in [2.05, 4.69) is 15.5 Å². The summed E-state index contributed by atoms with van der Waals surface area (Å²) in [6, 6.07) is 19.8. The Morgan fingerprint density at radius 3 is 2.08 bits per heavy atom. The van der Waals surface area contributed by atoms with Crippen LogP contribution in [0.4, 0.5) is 0 Å². The van der Waals surface area contributed by atoms with Gasteiger partial charge in [-0.25, -0.2) is 0 Å². The Kier molecular flexibility index (Phi) is 5.50. The van der Waals surface area contributed by atoms with Crippen LogP contribution in [0.1, 0.15) is 23.0 Å². The van der Waals surface area contributed by atoms with E-state index in [1.165, 1.54) is 11.8 Å². The molecular weight excluding hydrogens is 332 g/mol. The molecule has 0 unspecified atom stereocenters. The molecule has 5 nitrogen and oxygen atoms in total. The van der Waals surface area contributed by atoms with Gasteiger partial charge in [-0.2, -0.15) is 0 Å². The number of nitrogens with one attached hydrogen (secondary N) is 1. The van der Waals surface area contributed by atoms with E-state index in [1.54, 1.807) is 0 Å². The number of rotatable bonds is 6. The zero-order valence-electron chi connectivity index (χ0n) is 14.2. The quantitative estimate of drug-likeness (QED) is 0.693. The van der Waals surface area contributed by atoms with Crippen molar-refractivity contribution in [1.29, 1.82) is 0 Å². The lowest BCUT2D eigenvalue weighted by atomic mass is 9.99. The standard InChI is InChI=1S/C19H20N4OS/c1-14-21-22-19(23(14)2)25-13-17(24)20-18(15-9-5-3-6-10-15)16-11-7-4-8-12-16/h3-12,18H,13H2,1-2H3,(H,20,24). The molecule has 0 saturated heterocycles. The van der Waals surface area contributed by atoms with E-state index in [1.807, 2.05) is 79.2 Å². The van der Waals surface area contributed by atoms with Gasteiger partial charge in [0.25, 0.3) is 0 Å². The topological polar surface area (TPSA) is 59.8 Å². The van der Waals surface area contributed by atoms with E-state index in [4.69, 9.17) is 0 Å². The summed E-state index contributed by atoms with van der Waals surface area (Å²) in [5, 5.41) is 12.0. The number of nitrogens with zero attached hydrogens (tertiary/aromatic N) is 3. The van der Waals surface area contributed by atoms with Gasteiger partial charge in [-0.15, -0.1) is 10.2 Å². The molecule has 2 aromatic carbocycles. The number of amides is 1. The summed E-state index contributed by atoms with van der Waals surface area (Å²) in [7, 11) is 1.90. The second-order valence-corrected chi connectivity index (χ2v) is 6.64. The van der Waals surface area contributed by atoms with Crippen molar-refractivity contribution in [1.82, 2.24) is 20.1 Å². The monoisotopic (exact) mass is 352 g/mol. The third kappa shape index (κ3) is 4.28. The smallest absolute Gasteiger partial charge is 0.231 e.